The Bertz CT molecular complexity index is 629. The number of unbranched alkanes of at least 4 members (excludes halogenated alkanes) is 12. The number of rotatable bonds is 21. The Kier molecular flexibility index (Phi) is 17.0. The third kappa shape index (κ3) is 13.6. The number of amides is 2. The fourth-order valence-corrected chi connectivity index (χ4v) is 3.71. The first-order valence-corrected chi connectivity index (χ1v) is 13.3. The standard InChI is InChI=1S/C27H45NO6/c1-3-4-5-6-7-8-9-10-11-12-13-14-15-16-17-18-21-33-22-24(29)23(2)27(32)34-28-25(30)19-20-26(28)31/h10-11,23H,3-9,12-22H2,1-2H3/b11-10-. The van der Waals surface area contributed by atoms with E-state index < -0.39 is 29.5 Å². The molecule has 7 nitrogen and oxygen atoms in total. The zero-order valence-electron chi connectivity index (χ0n) is 21.4. The highest BCUT2D eigenvalue weighted by Gasteiger charge is 2.35. The number of hydroxylamine groups is 2. The number of carbonyl (C=O) groups excluding carboxylic acids is 4. The lowest BCUT2D eigenvalue weighted by Gasteiger charge is -2.15. The van der Waals surface area contributed by atoms with E-state index >= 15 is 0 Å². The molecule has 194 valence electrons. The summed E-state index contributed by atoms with van der Waals surface area (Å²) >= 11 is 0. The van der Waals surface area contributed by atoms with Crippen molar-refractivity contribution in [3.63, 3.8) is 0 Å². The number of hydrogen-bond donors (Lipinski definition) is 0. The van der Waals surface area contributed by atoms with E-state index in [1.807, 2.05) is 0 Å². The first kappa shape index (κ1) is 30.0. The molecule has 0 spiro atoms. The van der Waals surface area contributed by atoms with E-state index in [1.54, 1.807) is 0 Å². The van der Waals surface area contributed by atoms with Crippen molar-refractivity contribution in [1.29, 1.82) is 0 Å². The van der Waals surface area contributed by atoms with Crippen LogP contribution in [0.2, 0.25) is 0 Å². The Hall–Kier alpha value is -2.02. The van der Waals surface area contributed by atoms with Gasteiger partial charge in [0.1, 0.15) is 12.5 Å². The molecular formula is C27H45NO6. The van der Waals surface area contributed by atoms with Gasteiger partial charge in [0.05, 0.1) is 0 Å². The molecule has 1 aliphatic rings. The second-order valence-corrected chi connectivity index (χ2v) is 9.17. The molecule has 7 heteroatoms. The van der Waals surface area contributed by atoms with Gasteiger partial charge in [0.15, 0.2) is 5.78 Å². The Morgan fingerprint density at radius 2 is 1.32 bits per heavy atom. The zero-order chi connectivity index (χ0) is 25.0. The second kappa shape index (κ2) is 19.3. The molecule has 1 atom stereocenters. The van der Waals surface area contributed by atoms with Gasteiger partial charge in [-0.2, -0.15) is 0 Å². The van der Waals surface area contributed by atoms with Crippen LogP contribution in [0.3, 0.4) is 0 Å². The smallest absolute Gasteiger partial charge is 0.343 e. The Morgan fingerprint density at radius 1 is 0.824 bits per heavy atom. The van der Waals surface area contributed by atoms with E-state index in [0.717, 1.165) is 19.3 Å². The molecule has 0 bridgehead atoms. The van der Waals surface area contributed by atoms with Gasteiger partial charge in [-0.05, 0) is 39.0 Å². The van der Waals surface area contributed by atoms with Crippen molar-refractivity contribution < 1.29 is 28.8 Å². The van der Waals surface area contributed by atoms with Crippen molar-refractivity contribution in [3.8, 4) is 0 Å². The third-order valence-corrected chi connectivity index (χ3v) is 6.07. The largest absolute Gasteiger partial charge is 0.374 e. The Balaban J connectivity index is 1.91. The van der Waals surface area contributed by atoms with Crippen LogP contribution in [0.5, 0.6) is 0 Å². The van der Waals surface area contributed by atoms with Gasteiger partial charge >= 0.3 is 5.97 Å². The van der Waals surface area contributed by atoms with Crippen LogP contribution < -0.4 is 0 Å². The van der Waals surface area contributed by atoms with Gasteiger partial charge in [-0.3, -0.25) is 14.4 Å². The summed E-state index contributed by atoms with van der Waals surface area (Å²) in [6.45, 7) is 3.94. The van der Waals surface area contributed by atoms with E-state index in [2.05, 4.69) is 19.1 Å². The highest BCUT2D eigenvalue weighted by atomic mass is 16.7. The molecule has 1 aliphatic heterocycles. The normalized spacial score (nSPS) is 14.8. The number of carbonyl (C=O) groups is 4. The van der Waals surface area contributed by atoms with Crippen LogP contribution in [-0.2, 0) is 28.8 Å². The SMILES string of the molecule is CCCCCCCC/C=C\CCCCCCCCOCC(=O)C(C)C(=O)ON1C(=O)CCC1=O. The summed E-state index contributed by atoms with van der Waals surface area (Å²) in [6, 6.07) is 0. The Labute approximate surface area is 205 Å². The van der Waals surface area contributed by atoms with Gasteiger partial charge in [0, 0.05) is 19.4 Å². The van der Waals surface area contributed by atoms with Crippen LogP contribution in [0.4, 0.5) is 0 Å². The molecule has 1 rings (SSSR count). The predicted octanol–water partition coefficient (Wildman–Crippen LogP) is 5.85. The molecule has 0 saturated carbocycles. The molecule has 1 saturated heterocycles. The van der Waals surface area contributed by atoms with E-state index in [4.69, 9.17) is 9.57 Å². The van der Waals surface area contributed by atoms with Crippen LogP contribution in [0.25, 0.3) is 0 Å². The lowest BCUT2D eigenvalue weighted by atomic mass is 10.1. The van der Waals surface area contributed by atoms with E-state index in [9.17, 15) is 19.2 Å². The first-order valence-electron chi connectivity index (χ1n) is 13.3. The average molecular weight is 480 g/mol. The summed E-state index contributed by atoms with van der Waals surface area (Å²) in [6.07, 6.45) is 22.0. The summed E-state index contributed by atoms with van der Waals surface area (Å²) in [5.74, 6) is -3.53. The molecule has 0 N–H and O–H groups in total. The second-order valence-electron chi connectivity index (χ2n) is 9.17. The van der Waals surface area contributed by atoms with Gasteiger partial charge in [-0.15, -0.1) is 5.06 Å². The fourth-order valence-electron chi connectivity index (χ4n) is 3.71. The average Bonchev–Trinajstić information content (AvgIpc) is 3.14. The molecule has 0 aromatic heterocycles. The Morgan fingerprint density at radius 3 is 1.88 bits per heavy atom. The number of Topliss-reactive ketones (excluding diaryl/α,β-unsaturated/α-hetero) is 1. The number of imide groups is 1. The third-order valence-electron chi connectivity index (χ3n) is 6.07. The van der Waals surface area contributed by atoms with Crippen LogP contribution in [-0.4, -0.2) is 41.8 Å². The number of ketones is 1. The van der Waals surface area contributed by atoms with Gasteiger partial charge in [-0.1, -0.05) is 76.9 Å². The maximum atomic E-state index is 12.1. The number of allylic oxidation sites excluding steroid dienone is 2. The molecule has 1 fully saturated rings. The molecule has 1 unspecified atom stereocenters. The van der Waals surface area contributed by atoms with E-state index in [1.165, 1.54) is 77.6 Å². The van der Waals surface area contributed by atoms with Crippen molar-refractivity contribution in [3.05, 3.63) is 12.2 Å². The molecule has 1 heterocycles. The summed E-state index contributed by atoms with van der Waals surface area (Å²) in [7, 11) is 0. The lowest BCUT2D eigenvalue weighted by Crippen LogP contribution is -2.36. The predicted molar refractivity (Wildman–Crippen MR) is 132 cm³/mol. The minimum atomic E-state index is -1.08. The van der Waals surface area contributed by atoms with Gasteiger partial charge < -0.3 is 9.57 Å². The van der Waals surface area contributed by atoms with E-state index in [-0.39, 0.29) is 19.4 Å². The van der Waals surface area contributed by atoms with Crippen molar-refractivity contribution >= 4 is 23.6 Å². The quantitative estimate of drug-likeness (QED) is 0.0887. The zero-order valence-corrected chi connectivity index (χ0v) is 21.4. The minimum Gasteiger partial charge on any atom is -0.374 e. The fraction of sp³-hybridized carbons (Fsp3) is 0.778. The monoisotopic (exact) mass is 479 g/mol. The van der Waals surface area contributed by atoms with Crippen LogP contribution >= 0.6 is 0 Å². The maximum absolute atomic E-state index is 12.1. The maximum Gasteiger partial charge on any atom is 0.343 e. The molecule has 0 aliphatic carbocycles. The van der Waals surface area contributed by atoms with Crippen LogP contribution in [0, 0.1) is 5.92 Å². The lowest BCUT2D eigenvalue weighted by molar-refractivity contribution is -0.200. The van der Waals surface area contributed by atoms with Gasteiger partial charge in [0.25, 0.3) is 11.8 Å². The summed E-state index contributed by atoms with van der Waals surface area (Å²) in [4.78, 5) is 51.8. The van der Waals surface area contributed by atoms with Crippen molar-refractivity contribution in [1.82, 2.24) is 5.06 Å². The minimum absolute atomic E-state index is 0.0217. The number of nitrogens with zero attached hydrogens (tertiary/aromatic N) is 1. The van der Waals surface area contributed by atoms with Crippen molar-refractivity contribution in [2.75, 3.05) is 13.2 Å². The van der Waals surface area contributed by atoms with Crippen LogP contribution in [0.15, 0.2) is 12.2 Å². The molecule has 0 aromatic carbocycles. The summed E-state index contributed by atoms with van der Waals surface area (Å²) < 4.78 is 5.38. The summed E-state index contributed by atoms with van der Waals surface area (Å²) in [5, 5.41) is 0.458. The topological polar surface area (TPSA) is 90.0 Å². The van der Waals surface area contributed by atoms with Crippen LogP contribution in [0.1, 0.15) is 117 Å². The van der Waals surface area contributed by atoms with Gasteiger partial charge in [0.2, 0.25) is 0 Å². The highest BCUT2D eigenvalue weighted by molar-refractivity contribution is 6.04. The van der Waals surface area contributed by atoms with E-state index in [0.29, 0.717) is 11.7 Å². The molecule has 0 aromatic rings. The molecule has 0 radical (unpaired) electrons. The highest BCUT2D eigenvalue weighted by Crippen LogP contribution is 2.14. The summed E-state index contributed by atoms with van der Waals surface area (Å²) in [5.41, 5.74) is 0. The molecule has 2 amide bonds. The number of ether oxygens (including phenoxy) is 1. The van der Waals surface area contributed by atoms with Crippen molar-refractivity contribution in [2.24, 2.45) is 5.92 Å². The number of hydrogen-bond acceptors (Lipinski definition) is 6. The first-order chi connectivity index (χ1) is 16.5. The molecular weight excluding hydrogens is 434 g/mol. The molecule has 34 heavy (non-hydrogen) atoms. The van der Waals surface area contributed by atoms with Crippen molar-refractivity contribution in [2.45, 2.75) is 117 Å². The van der Waals surface area contributed by atoms with Gasteiger partial charge in [-0.25, -0.2) is 4.79 Å².